The maximum atomic E-state index is 15.0. The summed E-state index contributed by atoms with van der Waals surface area (Å²) in [5.74, 6) is -0.281. The summed E-state index contributed by atoms with van der Waals surface area (Å²) in [4.78, 5) is 29.0. The van der Waals surface area contributed by atoms with Crippen LogP contribution in [0.1, 0.15) is 271 Å². The van der Waals surface area contributed by atoms with Crippen molar-refractivity contribution in [3.05, 3.63) is 69.8 Å². The lowest BCUT2D eigenvalue weighted by atomic mass is 9.69. The van der Waals surface area contributed by atoms with Crippen LogP contribution in [-0.2, 0) is 46.9 Å². The first kappa shape index (κ1) is 59.8. The topological polar surface area (TPSA) is 107 Å². The van der Waals surface area contributed by atoms with E-state index >= 15 is 0 Å². The van der Waals surface area contributed by atoms with Gasteiger partial charge < -0.3 is 24.9 Å². The number of aliphatic hydroxyl groups is 2. The summed E-state index contributed by atoms with van der Waals surface area (Å²) in [6, 6.07) is 11.3. The van der Waals surface area contributed by atoms with Gasteiger partial charge in [-0.25, -0.2) is 0 Å². The van der Waals surface area contributed by atoms with Crippen LogP contribution in [-0.4, -0.2) is 46.0 Å². The van der Waals surface area contributed by atoms with Crippen molar-refractivity contribution in [2.45, 2.75) is 259 Å². The number of aliphatic hydroxyl groups excluding tert-OH is 2. The Hall–Kier alpha value is -2.35. The van der Waals surface area contributed by atoms with Crippen molar-refractivity contribution in [3.63, 3.8) is 0 Å². The number of hydrogen-bond donors (Lipinski definition) is 2. The second-order valence-corrected chi connectivity index (χ2v) is 26.3. The summed E-state index contributed by atoms with van der Waals surface area (Å²) >= 11 is 0. The number of esters is 1. The molecule has 0 amide bonds. The van der Waals surface area contributed by atoms with E-state index in [0.29, 0.717) is 5.75 Å². The van der Waals surface area contributed by atoms with Gasteiger partial charge in [0.1, 0.15) is 36.1 Å². The molecule has 7 heteroatoms. The Labute approximate surface area is 409 Å². The first-order valence-corrected chi connectivity index (χ1v) is 28.3. The van der Waals surface area contributed by atoms with Gasteiger partial charge in [-0.2, -0.15) is 0 Å². The van der Waals surface area contributed by atoms with Crippen molar-refractivity contribution in [2.75, 3.05) is 23.9 Å². The van der Waals surface area contributed by atoms with E-state index in [4.69, 9.17) is 4.74 Å². The number of carbonyl (C=O) groups excluding carboxylic acids is 2. The molecule has 2 unspecified atom stereocenters. The highest BCUT2D eigenvalue weighted by atomic mass is 32.2. The zero-order valence-corrected chi connectivity index (χ0v) is 45.8. The van der Waals surface area contributed by atoms with E-state index in [1.807, 2.05) is 0 Å². The van der Waals surface area contributed by atoms with Gasteiger partial charge in [-0.15, -0.1) is 0 Å². The van der Waals surface area contributed by atoms with E-state index in [1.165, 1.54) is 116 Å². The number of rotatable bonds is 31. The molecule has 2 N–H and O–H groups in total. The molecule has 0 spiro atoms. The van der Waals surface area contributed by atoms with Crippen LogP contribution >= 0.6 is 0 Å². The van der Waals surface area contributed by atoms with Crippen LogP contribution in [0.5, 0.6) is 0 Å². The number of carboxylic acids is 1. The highest BCUT2D eigenvalue weighted by Crippen LogP contribution is 2.48. The quantitative estimate of drug-likeness (QED) is 0.0338. The minimum absolute atomic E-state index is 0.0104. The molecule has 66 heavy (non-hydrogen) atoms. The Morgan fingerprint density at radius 3 is 1.00 bits per heavy atom. The van der Waals surface area contributed by atoms with E-state index in [2.05, 4.69) is 109 Å². The number of benzene rings is 2. The number of unbranched alkanes of at least 4 members (excludes halogenated alkanes) is 18. The molecule has 0 aromatic heterocycles. The standard InChI is InChI=1S/C59H100O6S/c1-15-17-19-21-23-25-27-29-31-33-36-66(37-34-32-30-28-26-24-22-20-18-16-2)38-35-65-54(64)59(53(62)63,51(60)45-39-47(55(3,4)5)43-48(40-45)56(6,7)8)52(61)46-41-49(57(9,10)11)44-50(42-46)58(12,13)14/h39-44,51-52,60-61H,15-38H2,1-14H3. The van der Waals surface area contributed by atoms with Crippen LogP contribution in [0.3, 0.4) is 0 Å². The summed E-state index contributed by atoms with van der Waals surface area (Å²) < 4.78 is 6.10. The van der Waals surface area contributed by atoms with Gasteiger partial charge >= 0.3 is 5.97 Å². The smallest absolute Gasteiger partial charge is 0.324 e. The zero-order valence-electron chi connectivity index (χ0n) is 45.0. The monoisotopic (exact) mass is 937 g/mol. The molecule has 0 aliphatic rings. The minimum atomic E-state index is -2.87. The molecule has 0 saturated carbocycles. The molecular weight excluding hydrogens is 837 g/mol. The van der Waals surface area contributed by atoms with Crippen molar-refractivity contribution in [1.82, 2.24) is 0 Å². The second kappa shape index (κ2) is 28.3. The summed E-state index contributed by atoms with van der Waals surface area (Å²) in [6.07, 6.45) is 21.5. The largest absolute Gasteiger partial charge is 0.549 e. The summed E-state index contributed by atoms with van der Waals surface area (Å²) in [6.45, 7) is 29.3. The van der Waals surface area contributed by atoms with Crippen molar-refractivity contribution in [2.24, 2.45) is 5.41 Å². The van der Waals surface area contributed by atoms with E-state index < -0.39 is 29.6 Å². The predicted molar refractivity (Wildman–Crippen MR) is 282 cm³/mol. The molecule has 0 bridgehead atoms. The Bertz CT molecular complexity index is 1530. The van der Waals surface area contributed by atoms with E-state index in [-0.39, 0.29) is 50.3 Å². The second-order valence-electron chi connectivity index (χ2n) is 23.9. The number of carbonyl (C=O) groups is 2. The average Bonchev–Trinajstić information content (AvgIpc) is 3.23. The van der Waals surface area contributed by atoms with E-state index in [9.17, 15) is 24.9 Å². The zero-order chi connectivity index (χ0) is 49.8. The van der Waals surface area contributed by atoms with Crippen LogP contribution in [0.4, 0.5) is 0 Å². The lowest BCUT2D eigenvalue weighted by molar-refractivity contribution is -0.328. The normalized spacial score (nSPS) is 14.6. The maximum Gasteiger partial charge on any atom is 0.324 e. The first-order valence-electron chi connectivity index (χ1n) is 26.5. The highest BCUT2D eigenvalue weighted by Gasteiger charge is 2.56. The molecule has 2 atom stereocenters. The predicted octanol–water partition coefficient (Wildman–Crippen LogP) is 14.4. The van der Waals surface area contributed by atoms with Crippen molar-refractivity contribution >= 4 is 22.8 Å². The molecule has 0 fully saturated rings. The molecule has 0 aliphatic carbocycles. The lowest BCUT2D eigenvalue weighted by Gasteiger charge is -2.41. The fraction of sp³-hybridized carbons (Fsp3) is 0.763. The SMILES string of the molecule is CCCCCCCCCCCC[S+](CCCCCCCCCCCC)CCOC(=O)C(C(=O)[O-])(C(O)c1cc(C(C)(C)C)cc(C(C)(C)C)c1)C(O)c1cc(C(C)(C)C)cc(C(C)(C)C)c1. The van der Waals surface area contributed by atoms with Gasteiger partial charge in [0.05, 0.1) is 5.97 Å². The Balaban J connectivity index is 2.53. The molecular formula is C59H100O6S. The van der Waals surface area contributed by atoms with Crippen molar-refractivity contribution in [1.29, 1.82) is 0 Å². The van der Waals surface area contributed by atoms with Crippen molar-refractivity contribution in [3.8, 4) is 0 Å². The summed E-state index contributed by atoms with van der Waals surface area (Å²) in [5, 5.41) is 39.4. The van der Waals surface area contributed by atoms with Gasteiger partial charge in [0.2, 0.25) is 0 Å². The van der Waals surface area contributed by atoms with E-state index in [0.717, 1.165) is 46.6 Å². The van der Waals surface area contributed by atoms with Crippen LogP contribution in [0, 0.1) is 5.41 Å². The van der Waals surface area contributed by atoms with Gasteiger partial charge in [0.15, 0.2) is 5.41 Å². The molecule has 0 saturated heterocycles. The third-order valence-corrected chi connectivity index (χ3v) is 16.2. The lowest BCUT2D eigenvalue weighted by Crippen LogP contribution is -2.56. The minimum Gasteiger partial charge on any atom is -0.549 e. The Morgan fingerprint density at radius 2 is 0.742 bits per heavy atom. The van der Waals surface area contributed by atoms with Gasteiger partial charge in [-0.05, 0) is 91.6 Å². The number of ether oxygens (including phenoxy) is 1. The average molecular weight is 938 g/mol. The molecule has 0 aliphatic heterocycles. The van der Waals surface area contributed by atoms with Crippen molar-refractivity contribution < 1.29 is 29.6 Å². The number of carboxylic acid groups (broad SMARTS) is 1. The fourth-order valence-corrected chi connectivity index (χ4v) is 11.0. The third kappa shape index (κ3) is 19.6. The maximum absolute atomic E-state index is 15.0. The molecule has 2 aromatic carbocycles. The van der Waals surface area contributed by atoms with Crippen LogP contribution in [0.15, 0.2) is 36.4 Å². The number of aliphatic carboxylic acids is 1. The van der Waals surface area contributed by atoms with Gasteiger partial charge in [-0.3, -0.25) is 4.79 Å². The molecule has 2 aromatic rings. The van der Waals surface area contributed by atoms with Gasteiger partial charge in [0, 0.05) is 0 Å². The van der Waals surface area contributed by atoms with Crippen LogP contribution < -0.4 is 5.11 Å². The molecule has 0 heterocycles. The molecule has 378 valence electrons. The van der Waals surface area contributed by atoms with E-state index in [1.54, 1.807) is 24.3 Å². The first-order chi connectivity index (χ1) is 30.8. The molecule has 0 radical (unpaired) electrons. The van der Waals surface area contributed by atoms with Gasteiger partial charge in [0.25, 0.3) is 0 Å². The van der Waals surface area contributed by atoms with Crippen LogP contribution in [0.2, 0.25) is 0 Å². The Kier molecular flexibility index (Phi) is 25.7. The third-order valence-electron chi connectivity index (χ3n) is 13.7. The Morgan fingerprint density at radius 1 is 0.470 bits per heavy atom. The highest BCUT2D eigenvalue weighted by molar-refractivity contribution is 7.96. The fourth-order valence-electron chi connectivity index (χ4n) is 8.82. The molecule has 2 rings (SSSR count). The number of hydrogen-bond acceptors (Lipinski definition) is 6. The van der Waals surface area contributed by atoms with Gasteiger partial charge in [-0.1, -0.05) is 236 Å². The summed E-state index contributed by atoms with van der Waals surface area (Å²) in [7, 11) is -0.0147. The van der Waals surface area contributed by atoms with Crippen LogP contribution in [0.25, 0.3) is 0 Å². The summed E-state index contributed by atoms with van der Waals surface area (Å²) in [5.41, 5.74) is -0.324. The molecule has 6 nitrogen and oxygen atoms in total.